The van der Waals surface area contributed by atoms with Crippen LogP contribution in [0.2, 0.25) is 0 Å². The topological polar surface area (TPSA) is 0 Å². The predicted octanol–water partition coefficient (Wildman–Crippen LogP) is 3.33. The summed E-state index contributed by atoms with van der Waals surface area (Å²) in [5.74, 6) is 0. The van der Waals surface area contributed by atoms with E-state index in [1.807, 2.05) is 43.3 Å². The molecular formula is C9H10Cl2Si. The number of hydrogen-bond donors (Lipinski definition) is 0. The Morgan fingerprint density at radius 1 is 1.25 bits per heavy atom. The predicted molar refractivity (Wildman–Crippen MR) is 58.9 cm³/mol. The van der Waals surface area contributed by atoms with Gasteiger partial charge in [-0.3, -0.25) is 0 Å². The Morgan fingerprint density at radius 2 is 1.83 bits per heavy atom. The Labute approximate surface area is 83.8 Å². The molecule has 0 N–H and O–H groups in total. The lowest BCUT2D eigenvalue weighted by Crippen LogP contribution is -1.94. The molecule has 1 aromatic carbocycles. The zero-order valence-corrected chi connectivity index (χ0v) is 9.46. The number of allylic oxidation sites excluding steroid dienone is 1. The van der Waals surface area contributed by atoms with Crippen LogP contribution in [0.4, 0.5) is 0 Å². The minimum absolute atomic E-state index is 1.10. The smallest absolute Gasteiger partial charge is 0.145 e. The molecule has 0 aliphatic heterocycles. The van der Waals surface area contributed by atoms with Gasteiger partial charge in [-0.15, -0.1) is 22.2 Å². The van der Waals surface area contributed by atoms with Gasteiger partial charge in [0.05, 0.1) is 0 Å². The van der Waals surface area contributed by atoms with Crippen molar-refractivity contribution in [3.63, 3.8) is 0 Å². The molecule has 0 aliphatic carbocycles. The lowest BCUT2D eigenvalue weighted by molar-refractivity contribution is 1.62. The van der Waals surface area contributed by atoms with E-state index in [4.69, 9.17) is 22.2 Å². The molecule has 0 aliphatic rings. The Kier molecular flexibility index (Phi) is 3.86. The monoisotopic (exact) mass is 216 g/mol. The van der Waals surface area contributed by atoms with E-state index in [1.165, 1.54) is 0 Å². The molecule has 0 saturated heterocycles. The molecule has 0 unspecified atom stereocenters. The van der Waals surface area contributed by atoms with Gasteiger partial charge < -0.3 is 0 Å². The second-order valence-electron chi connectivity index (χ2n) is 2.60. The van der Waals surface area contributed by atoms with Crippen molar-refractivity contribution in [2.45, 2.75) is 6.92 Å². The molecule has 0 radical (unpaired) electrons. The highest BCUT2D eigenvalue weighted by atomic mass is 35.7. The van der Waals surface area contributed by atoms with Crippen molar-refractivity contribution in [2.75, 3.05) is 0 Å². The van der Waals surface area contributed by atoms with Crippen LogP contribution in [-0.2, 0) is 0 Å². The third kappa shape index (κ3) is 3.01. The molecule has 0 bridgehead atoms. The lowest BCUT2D eigenvalue weighted by Gasteiger charge is -1.98. The standard InChI is InChI=1S/C9H10Cl2Si/c1-8(12(10)11)7-9-5-3-2-4-6-9/h2-7,12H,1H3. The second-order valence-corrected chi connectivity index (χ2v) is 7.40. The largest absolute Gasteiger partial charge is 0.262 e. The van der Waals surface area contributed by atoms with E-state index < -0.39 is 7.42 Å². The first-order valence-electron chi connectivity index (χ1n) is 3.71. The van der Waals surface area contributed by atoms with Crippen molar-refractivity contribution in [3.05, 3.63) is 41.1 Å². The summed E-state index contributed by atoms with van der Waals surface area (Å²) in [5.41, 5.74) is 1.16. The van der Waals surface area contributed by atoms with Crippen LogP contribution in [0.5, 0.6) is 0 Å². The highest BCUT2D eigenvalue weighted by Gasteiger charge is 2.03. The van der Waals surface area contributed by atoms with Gasteiger partial charge in [0.15, 0.2) is 0 Å². The summed E-state index contributed by atoms with van der Waals surface area (Å²) in [6.07, 6.45) is 2.04. The van der Waals surface area contributed by atoms with E-state index >= 15 is 0 Å². The first-order valence-corrected chi connectivity index (χ1v) is 7.78. The second kappa shape index (κ2) is 4.70. The zero-order chi connectivity index (χ0) is 8.97. The van der Waals surface area contributed by atoms with Crippen molar-refractivity contribution in [1.82, 2.24) is 0 Å². The molecule has 1 rings (SSSR count). The molecule has 0 atom stereocenters. The van der Waals surface area contributed by atoms with E-state index in [1.54, 1.807) is 0 Å². The SMILES string of the molecule is CC(=Cc1ccccc1)[SiH](Cl)Cl. The van der Waals surface area contributed by atoms with Gasteiger partial charge in [0.2, 0.25) is 0 Å². The third-order valence-corrected chi connectivity index (χ3v) is 4.46. The molecule has 1 aromatic rings. The fraction of sp³-hybridized carbons (Fsp3) is 0.111. The normalized spacial score (nSPS) is 12.2. The molecule has 3 heteroatoms. The lowest BCUT2D eigenvalue weighted by atomic mass is 10.2. The molecule has 0 heterocycles. The van der Waals surface area contributed by atoms with Crippen LogP contribution < -0.4 is 0 Å². The number of benzene rings is 1. The molecule has 0 spiro atoms. The summed E-state index contributed by atoms with van der Waals surface area (Å²) < 4.78 is 0. The Balaban J connectivity index is 2.81. The summed E-state index contributed by atoms with van der Waals surface area (Å²) in [6.45, 7) is 1.98. The van der Waals surface area contributed by atoms with Crippen molar-refractivity contribution in [2.24, 2.45) is 0 Å². The molecule has 0 saturated carbocycles. The van der Waals surface area contributed by atoms with Crippen LogP contribution in [0.15, 0.2) is 35.5 Å². The minimum Gasteiger partial charge on any atom is -0.145 e. The molecular weight excluding hydrogens is 207 g/mol. The summed E-state index contributed by atoms with van der Waals surface area (Å²) >= 11 is 11.6. The van der Waals surface area contributed by atoms with E-state index in [9.17, 15) is 0 Å². The van der Waals surface area contributed by atoms with Crippen LogP contribution in [0.25, 0.3) is 6.08 Å². The van der Waals surface area contributed by atoms with Crippen molar-refractivity contribution >= 4 is 35.7 Å². The van der Waals surface area contributed by atoms with Gasteiger partial charge in [-0.05, 0) is 12.5 Å². The first-order chi connectivity index (χ1) is 5.70. The maximum absolute atomic E-state index is 5.81. The van der Waals surface area contributed by atoms with Gasteiger partial charge in [0.1, 0.15) is 0 Å². The van der Waals surface area contributed by atoms with Gasteiger partial charge in [-0.1, -0.05) is 41.6 Å². The van der Waals surface area contributed by atoms with E-state index in [0.29, 0.717) is 0 Å². The maximum atomic E-state index is 5.81. The number of hydrogen-bond acceptors (Lipinski definition) is 0. The number of halogens is 2. The fourth-order valence-electron chi connectivity index (χ4n) is 0.875. The maximum Gasteiger partial charge on any atom is 0.262 e. The van der Waals surface area contributed by atoms with Gasteiger partial charge in [-0.2, -0.15) is 0 Å². The van der Waals surface area contributed by atoms with E-state index in [2.05, 4.69) is 0 Å². The van der Waals surface area contributed by atoms with E-state index in [-0.39, 0.29) is 0 Å². The fourth-order valence-corrected chi connectivity index (χ4v) is 1.57. The number of rotatable bonds is 2. The van der Waals surface area contributed by atoms with Crippen LogP contribution in [-0.4, -0.2) is 7.42 Å². The molecule has 64 valence electrons. The van der Waals surface area contributed by atoms with Gasteiger partial charge in [0.25, 0.3) is 7.42 Å². The van der Waals surface area contributed by atoms with Crippen molar-refractivity contribution in [3.8, 4) is 0 Å². The Morgan fingerprint density at radius 3 is 2.33 bits per heavy atom. The first kappa shape index (κ1) is 9.84. The Bertz CT molecular complexity index is 267. The molecule has 0 fully saturated rings. The van der Waals surface area contributed by atoms with Crippen molar-refractivity contribution < 1.29 is 0 Å². The van der Waals surface area contributed by atoms with Crippen LogP contribution in [0.3, 0.4) is 0 Å². The highest BCUT2D eigenvalue weighted by molar-refractivity contribution is 7.37. The molecule has 0 amide bonds. The zero-order valence-electron chi connectivity index (χ0n) is 6.80. The minimum atomic E-state index is -1.63. The summed E-state index contributed by atoms with van der Waals surface area (Å²) in [7, 11) is -1.63. The van der Waals surface area contributed by atoms with Crippen molar-refractivity contribution in [1.29, 1.82) is 0 Å². The molecule has 0 nitrogen and oxygen atoms in total. The quantitative estimate of drug-likeness (QED) is 0.526. The van der Waals surface area contributed by atoms with Crippen LogP contribution in [0.1, 0.15) is 12.5 Å². The van der Waals surface area contributed by atoms with Gasteiger partial charge >= 0.3 is 0 Å². The van der Waals surface area contributed by atoms with Gasteiger partial charge in [-0.25, -0.2) is 0 Å². The van der Waals surface area contributed by atoms with Crippen LogP contribution in [0, 0.1) is 0 Å². The summed E-state index contributed by atoms with van der Waals surface area (Å²) in [5, 5.41) is 1.10. The van der Waals surface area contributed by atoms with E-state index in [0.717, 1.165) is 10.8 Å². The van der Waals surface area contributed by atoms with Crippen LogP contribution >= 0.6 is 22.2 Å². The molecule has 0 aromatic heterocycles. The average molecular weight is 217 g/mol. The van der Waals surface area contributed by atoms with Gasteiger partial charge in [0, 0.05) is 0 Å². The highest BCUT2D eigenvalue weighted by Crippen LogP contribution is 2.13. The third-order valence-electron chi connectivity index (χ3n) is 1.54. The Hall–Kier alpha value is -0.243. The summed E-state index contributed by atoms with van der Waals surface area (Å²) in [6, 6.07) is 10.1. The average Bonchev–Trinajstić information content (AvgIpc) is 2.06. The summed E-state index contributed by atoms with van der Waals surface area (Å²) in [4.78, 5) is 0. The molecule has 12 heavy (non-hydrogen) atoms.